The second-order valence-corrected chi connectivity index (χ2v) is 5.39. The first-order valence-corrected chi connectivity index (χ1v) is 7.60. The Labute approximate surface area is 146 Å². The molecule has 0 N–H and O–H groups in total. The first kappa shape index (κ1) is 18.4. The molecule has 2 aromatic rings. The van der Waals surface area contributed by atoms with E-state index in [-0.39, 0.29) is 18.8 Å². The number of hydrogen-bond donors (Lipinski definition) is 0. The van der Waals surface area contributed by atoms with Gasteiger partial charge < -0.3 is 23.5 Å². The van der Waals surface area contributed by atoms with Crippen molar-refractivity contribution in [3.8, 4) is 11.5 Å². The van der Waals surface area contributed by atoms with Crippen molar-refractivity contribution >= 4 is 11.9 Å². The van der Waals surface area contributed by atoms with Crippen molar-refractivity contribution in [2.45, 2.75) is 13.5 Å². The van der Waals surface area contributed by atoms with E-state index in [4.69, 9.17) is 18.6 Å². The van der Waals surface area contributed by atoms with E-state index in [0.29, 0.717) is 17.1 Å². The summed E-state index contributed by atoms with van der Waals surface area (Å²) in [7, 11) is 4.36. The van der Waals surface area contributed by atoms with Crippen LogP contribution >= 0.6 is 0 Å². The molecular formula is C18H21NO6. The molecule has 0 spiro atoms. The van der Waals surface area contributed by atoms with Gasteiger partial charge in [0.25, 0.3) is 5.91 Å². The number of carbonyl (C=O) groups is 2. The molecule has 0 atom stereocenters. The number of aryl methyl sites for hydroxylation is 1. The van der Waals surface area contributed by atoms with Crippen LogP contribution in [0.1, 0.15) is 21.7 Å². The van der Waals surface area contributed by atoms with Gasteiger partial charge in [-0.25, -0.2) is 0 Å². The van der Waals surface area contributed by atoms with E-state index in [1.807, 2.05) is 0 Å². The lowest BCUT2D eigenvalue weighted by Gasteiger charge is -2.21. The van der Waals surface area contributed by atoms with Crippen LogP contribution in [-0.2, 0) is 16.1 Å². The predicted octanol–water partition coefficient (Wildman–Crippen LogP) is 2.42. The molecule has 0 saturated heterocycles. The summed E-state index contributed by atoms with van der Waals surface area (Å²) in [5.41, 5.74) is 1.45. The molecule has 0 aliphatic heterocycles. The Morgan fingerprint density at radius 1 is 1.08 bits per heavy atom. The molecule has 7 heteroatoms. The van der Waals surface area contributed by atoms with Gasteiger partial charge in [0.1, 0.15) is 18.0 Å². The van der Waals surface area contributed by atoms with Crippen LogP contribution in [0.5, 0.6) is 11.5 Å². The first-order chi connectivity index (χ1) is 12.0. The summed E-state index contributed by atoms with van der Waals surface area (Å²) >= 11 is 0. The molecule has 2 rings (SSSR count). The number of nitrogens with zero attached hydrogens (tertiary/aromatic N) is 1. The first-order valence-electron chi connectivity index (χ1n) is 7.60. The summed E-state index contributed by atoms with van der Waals surface area (Å²) in [5, 5.41) is 0. The summed E-state index contributed by atoms with van der Waals surface area (Å²) < 4.78 is 20.4. The lowest BCUT2D eigenvalue weighted by molar-refractivity contribution is -0.141. The maximum atomic E-state index is 12.8. The van der Waals surface area contributed by atoms with Gasteiger partial charge in [0, 0.05) is 18.2 Å². The summed E-state index contributed by atoms with van der Waals surface area (Å²) in [5.74, 6) is 0.462. The van der Waals surface area contributed by atoms with E-state index in [2.05, 4.69) is 0 Å². The lowest BCUT2D eigenvalue weighted by Crippen LogP contribution is -2.35. The summed E-state index contributed by atoms with van der Waals surface area (Å²) in [6.07, 6.45) is 1.44. The molecule has 0 radical (unpaired) electrons. The zero-order chi connectivity index (χ0) is 18.4. The molecule has 1 amide bonds. The quantitative estimate of drug-likeness (QED) is 0.716. The number of methoxy groups -OCH3 is 3. The minimum atomic E-state index is -0.521. The van der Waals surface area contributed by atoms with E-state index < -0.39 is 11.9 Å². The molecule has 0 bridgehead atoms. The van der Waals surface area contributed by atoms with Crippen molar-refractivity contribution in [1.82, 2.24) is 4.90 Å². The Morgan fingerprint density at radius 3 is 2.20 bits per heavy atom. The zero-order valence-electron chi connectivity index (χ0n) is 14.7. The van der Waals surface area contributed by atoms with Gasteiger partial charge in [0.15, 0.2) is 5.76 Å². The molecule has 1 aromatic carbocycles. The van der Waals surface area contributed by atoms with E-state index >= 15 is 0 Å². The van der Waals surface area contributed by atoms with Gasteiger partial charge in [0.2, 0.25) is 0 Å². The molecule has 0 fully saturated rings. The normalized spacial score (nSPS) is 10.2. The highest BCUT2D eigenvalue weighted by Crippen LogP contribution is 2.24. The molecule has 7 nitrogen and oxygen atoms in total. The third kappa shape index (κ3) is 4.53. The third-order valence-electron chi connectivity index (χ3n) is 3.68. The maximum absolute atomic E-state index is 12.8. The fourth-order valence-electron chi connectivity index (χ4n) is 2.33. The number of carbonyl (C=O) groups excluding carboxylic acids is 2. The van der Waals surface area contributed by atoms with Crippen LogP contribution in [0.2, 0.25) is 0 Å². The summed E-state index contributed by atoms with van der Waals surface area (Å²) in [6, 6.07) is 6.97. The fourth-order valence-corrected chi connectivity index (χ4v) is 2.33. The molecule has 0 unspecified atom stereocenters. The van der Waals surface area contributed by atoms with Gasteiger partial charge in [0.05, 0.1) is 27.6 Å². The fraction of sp³-hybridized carbons (Fsp3) is 0.333. The molecule has 1 heterocycles. The van der Waals surface area contributed by atoms with Crippen LogP contribution in [0.4, 0.5) is 0 Å². The second-order valence-electron chi connectivity index (χ2n) is 5.39. The van der Waals surface area contributed by atoms with E-state index in [0.717, 1.165) is 5.56 Å². The Hall–Kier alpha value is -2.96. The number of benzene rings is 1. The smallest absolute Gasteiger partial charge is 0.325 e. The average Bonchev–Trinajstić information content (AvgIpc) is 3.05. The highest BCUT2D eigenvalue weighted by molar-refractivity contribution is 5.94. The van der Waals surface area contributed by atoms with Crippen molar-refractivity contribution in [2.24, 2.45) is 0 Å². The highest BCUT2D eigenvalue weighted by Gasteiger charge is 2.24. The zero-order valence-corrected chi connectivity index (χ0v) is 14.7. The number of hydrogen-bond acceptors (Lipinski definition) is 6. The number of amides is 1. The number of furan rings is 1. The molecule has 134 valence electrons. The van der Waals surface area contributed by atoms with Gasteiger partial charge in [-0.2, -0.15) is 0 Å². The minimum absolute atomic E-state index is 0.168. The lowest BCUT2D eigenvalue weighted by atomic mass is 10.1. The average molecular weight is 347 g/mol. The monoisotopic (exact) mass is 347 g/mol. The van der Waals surface area contributed by atoms with Gasteiger partial charge in [-0.1, -0.05) is 0 Å². The Kier molecular flexibility index (Phi) is 6.05. The molecule has 0 aliphatic carbocycles. The highest BCUT2D eigenvalue weighted by atomic mass is 16.5. The Balaban J connectivity index is 2.31. The number of ether oxygens (including phenoxy) is 3. The van der Waals surface area contributed by atoms with E-state index in [1.54, 1.807) is 45.4 Å². The van der Waals surface area contributed by atoms with Crippen molar-refractivity contribution in [1.29, 1.82) is 0 Å². The van der Waals surface area contributed by atoms with Crippen molar-refractivity contribution in [2.75, 3.05) is 27.9 Å². The number of esters is 1. The standard InChI is InChI=1S/C18H21NO6/c1-12-5-6-25-17(12)18(21)19(11-16(20)24-4)10-13-7-14(22-2)9-15(8-13)23-3/h5-9H,10-11H2,1-4H3. The minimum Gasteiger partial charge on any atom is -0.497 e. The second kappa shape index (κ2) is 8.23. The topological polar surface area (TPSA) is 78.2 Å². The van der Waals surface area contributed by atoms with Crippen molar-refractivity contribution in [3.63, 3.8) is 0 Å². The van der Waals surface area contributed by atoms with Crippen LogP contribution in [0, 0.1) is 6.92 Å². The molecule has 1 aromatic heterocycles. The SMILES string of the molecule is COC(=O)CN(Cc1cc(OC)cc(OC)c1)C(=O)c1occc1C. The number of rotatable bonds is 7. The maximum Gasteiger partial charge on any atom is 0.325 e. The molecule has 0 aliphatic rings. The van der Waals surface area contributed by atoms with Crippen LogP contribution in [-0.4, -0.2) is 44.7 Å². The van der Waals surface area contributed by atoms with Gasteiger partial charge in [-0.05, 0) is 30.7 Å². The van der Waals surface area contributed by atoms with Crippen LogP contribution < -0.4 is 9.47 Å². The Morgan fingerprint density at radius 2 is 1.72 bits per heavy atom. The van der Waals surface area contributed by atoms with Gasteiger partial charge >= 0.3 is 5.97 Å². The summed E-state index contributed by atoms with van der Waals surface area (Å²) in [6.45, 7) is 1.73. The molecular weight excluding hydrogens is 326 g/mol. The van der Waals surface area contributed by atoms with E-state index in [1.165, 1.54) is 18.3 Å². The summed E-state index contributed by atoms with van der Waals surface area (Å²) in [4.78, 5) is 25.8. The third-order valence-corrected chi connectivity index (χ3v) is 3.68. The largest absolute Gasteiger partial charge is 0.497 e. The van der Waals surface area contributed by atoms with Gasteiger partial charge in [-0.15, -0.1) is 0 Å². The van der Waals surface area contributed by atoms with Crippen LogP contribution in [0.3, 0.4) is 0 Å². The van der Waals surface area contributed by atoms with Crippen molar-refractivity contribution < 1.29 is 28.2 Å². The van der Waals surface area contributed by atoms with E-state index in [9.17, 15) is 9.59 Å². The Bertz CT molecular complexity index is 730. The van der Waals surface area contributed by atoms with Crippen LogP contribution in [0.25, 0.3) is 0 Å². The van der Waals surface area contributed by atoms with Crippen molar-refractivity contribution in [3.05, 3.63) is 47.4 Å². The molecule has 0 saturated carbocycles. The van der Waals surface area contributed by atoms with Gasteiger partial charge in [-0.3, -0.25) is 9.59 Å². The van der Waals surface area contributed by atoms with Crippen LogP contribution in [0.15, 0.2) is 34.9 Å². The molecule has 25 heavy (non-hydrogen) atoms. The predicted molar refractivity (Wildman–Crippen MR) is 89.7 cm³/mol.